The third-order valence-corrected chi connectivity index (χ3v) is 2.53. The predicted molar refractivity (Wildman–Crippen MR) is 65.5 cm³/mol. The second-order valence-corrected chi connectivity index (χ2v) is 3.98. The molecule has 0 saturated heterocycles. The normalized spacial score (nSPS) is 10.4. The molecule has 1 aromatic carbocycles. The number of carbonyl (C=O) groups is 1. The molecule has 1 heterocycles. The minimum atomic E-state index is -1.02. The lowest BCUT2D eigenvalue weighted by Gasteiger charge is -2.05. The standard InChI is InChI=1S/C12H9F2N3O4/c13-8-1-2-11(14)10(5-8)12(18)21-4-3-16-7-9(6-15-16)17(19)20/h1-2,5-7H,3-4H2. The summed E-state index contributed by atoms with van der Waals surface area (Å²) in [6, 6.07) is 2.44. The summed E-state index contributed by atoms with van der Waals surface area (Å²) in [6.45, 7) is -0.135. The minimum Gasteiger partial charge on any atom is -0.460 e. The molecule has 0 atom stereocenters. The van der Waals surface area contributed by atoms with Crippen molar-refractivity contribution in [3.05, 3.63) is 57.9 Å². The molecule has 7 nitrogen and oxygen atoms in total. The lowest BCUT2D eigenvalue weighted by molar-refractivity contribution is -0.385. The van der Waals surface area contributed by atoms with Crippen molar-refractivity contribution >= 4 is 11.7 Å². The third kappa shape index (κ3) is 3.59. The van der Waals surface area contributed by atoms with Crippen LogP contribution in [0.1, 0.15) is 10.4 Å². The lowest BCUT2D eigenvalue weighted by atomic mass is 10.2. The van der Waals surface area contributed by atoms with E-state index in [2.05, 4.69) is 5.10 Å². The Morgan fingerprint density at radius 3 is 2.86 bits per heavy atom. The largest absolute Gasteiger partial charge is 0.460 e. The molecule has 1 aromatic heterocycles. The van der Waals surface area contributed by atoms with Gasteiger partial charge in [-0.1, -0.05) is 0 Å². The number of hydrogen-bond donors (Lipinski definition) is 0. The highest BCUT2D eigenvalue weighted by Crippen LogP contribution is 2.11. The van der Waals surface area contributed by atoms with Crippen LogP contribution in [0.5, 0.6) is 0 Å². The van der Waals surface area contributed by atoms with E-state index in [0.29, 0.717) is 0 Å². The summed E-state index contributed by atoms with van der Waals surface area (Å²) in [5, 5.41) is 14.1. The number of halogens is 2. The molecule has 0 N–H and O–H groups in total. The Labute approximate surface area is 116 Å². The van der Waals surface area contributed by atoms with Gasteiger partial charge in [-0.25, -0.2) is 13.6 Å². The van der Waals surface area contributed by atoms with Crippen molar-refractivity contribution in [2.75, 3.05) is 6.61 Å². The first-order chi connectivity index (χ1) is 9.97. The molecule has 0 aliphatic carbocycles. The first kappa shape index (κ1) is 14.6. The van der Waals surface area contributed by atoms with E-state index in [0.717, 1.165) is 30.6 Å². The molecule has 0 bridgehead atoms. The van der Waals surface area contributed by atoms with Gasteiger partial charge in [-0.15, -0.1) is 0 Å². The second-order valence-electron chi connectivity index (χ2n) is 3.98. The fourth-order valence-electron chi connectivity index (χ4n) is 1.53. The number of benzene rings is 1. The van der Waals surface area contributed by atoms with Gasteiger partial charge in [0.05, 0.1) is 17.0 Å². The Kier molecular flexibility index (Phi) is 4.21. The zero-order valence-corrected chi connectivity index (χ0v) is 10.5. The van der Waals surface area contributed by atoms with Crippen LogP contribution in [0.2, 0.25) is 0 Å². The smallest absolute Gasteiger partial charge is 0.341 e. The molecule has 0 radical (unpaired) electrons. The van der Waals surface area contributed by atoms with Crippen molar-refractivity contribution in [3.8, 4) is 0 Å². The molecule has 0 fully saturated rings. The molecule has 0 spiro atoms. The molecule has 0 aliphatic heterocycles. The van der Waals surface area contributed by atoms with Crippen LogP contribution in [0.15, 0.2) is 30.6 Å². The molecular formula is C12H9F2N3O4. The fourth-order valence-corrected chi connectivity index (χ4v) is 1.53. The maximum atomic E-state index is 13.3. The number of hydrogen-bond acceptors (Lipinski definition) is 5. The third-order valence-electron chi connectivity index (χ3n) is 2.53. The first-order valence-corrected chi connectivity index (χ1v) is 5.76. The van der Waals surface area contributed by atoms with Gasteiger partial charge in [0, 0.05) is 0 Å². The van der Waals surface area contributed by atoms with Gasteiger partial charge in [0.15, 0.2) is 0 Å². The SMILES string of the molecule is O=C(OCCn1cc([N+](=O)[O-])cn1)c1cc(F)ccc1F. The van der Waals surface area contributed by atoms with E-state index in [1.54, 1.807) is 0 Å². The van der Waals surface area contributed by atoms with Gasteiger partial charge in [-0.05, 0) is 18.2 Å². The number of esters is 1. The van der Waals surface area contributed by atoms with Crippen molar-refractivity contribution < 1.29 is 23.2 Å². The molecule has 110 valence electrons. The molecular weight excluding hydrogens is 288 g/mol. The van der Waals surface area contributed by atoms with Gasteiger partial charge in [0.1, 0.15) is 30.6 Å². The van der Waals surface area contributed by atoms with Gasteiger partial charge < -0.3 is 4.74 Å². The van der Waals surface area contributed by atoms with Crippen LogP contribution in [0.4, 0.5) is 14.5 Å². The number of rotatable bonds is 5. The van der Waals surface area contributed by atoms with Crippen molar-refractivity contribution in [3.63, 3.8) is 0 Å². The van der Waals surface area contributed by atoms with Crippen LogP contribution >= 0.6 is 0 Å². The summed E-state index contributed by atoms with van der Waals surface area (Å²) in [5.74, 6) is -2.67. The van der Waals surface area contributed by atoms with Gasteiger partial charge in [-0.3, -0.25) is 14.8 Å². The molecule has 0 saturated carbocycles. The number of ether oxygens (including phenoxy) is 1. The van der Waals surface area contributed by atoms with E-state index in [1.165, 1.54) is 4.68 Å². The molecule has 21 heavy (non-hydrogen) atoms. The highest BCUT2D eigenvalue weighted by molar-refractivity contribution is 5.89. The average Bonchev–Trinajstić information content (AvgIpc) is 2.90. The molecule has 2 rings (SSSR count). The molecule has 0 amide bonds. The lowest BCUT2D eigenvalue weighted by Crippen LogP contribution is -2.13. The maximum Gasteiger partial charge on any atom is 0.341 e. The molecule has 0 unspecified atom stereocenters. The topological polar surface area (TPSA) is 87.3 Å². The van der Waals surface area contributed by atoms with E-state index in [9.17, 15) is 23.7 Å². The average molecular weight is 297 g/mol. The van der Waals surface area contributed by atoms with Crippen LogP contribution in [-0.2, 0) is 11.3 Å². The van der Waals surface area contributed by atoms with Crippen molar-refractivity contribution in [2.24, 2.45) is 0 Å². The predicted octanol–water partition coefficient (Wildman–Crippen LogP) is 1.93. The minimum absolute atomic E-state index is 0.0521. The van der Waals surface area contributed by atoms with Crippen LogP contribution in [-0.4, -0.2) is 27.3 Å². The zero-order valence-electron chi connectivity index (χ0n) is 10.5. The van der Waals surface area contributed by atoms with Crippen LogP contribution in [0, 0.1) is 21.7 Å². The Morgan fingerprint density at radius 1 is 1.43 bits per heavy atom. The first-order valence-electron chi connectivity index (χ1n) is 5.76. The Bertz CT molecular complexity index is 687. The summed E-state index contributed by atoms with van der Waals surface area (Å²) in [4.78, 5) is 21.4. The van der Waals surface area contributed by atoms with Gasteiger partial charge in [0.2, 0.25) is 0 Å². The Morgan fingerprint density at radius 2 is 2.19 bits per heavy atom. The van der Waals surface area contributed by atoms with Crippen molar-refractivity contribution in [1.29, 1.82) is 0 Å². The fraction of sp³-hybridized carbons (Fsp3) is 0.167. The summed E-state index contributed by atoms with van der Waals surface area (Å²) in [6.07, 6.45) is 2.21. The summed E-state index contributed by atoms with van der Waals surface area (Å²) in [5.41, 5.74) is -0.709. The van der Waals surface area contributed by atoms with Crippen molar-refractivity contribution in [2.45, 2.75) is 6.54 Å². The van der Waals surface area contributed by atoms with Crippen LogP contribution in [0.3, 0.4) is 0 Å². The Hall–Kier alpha value is -2.84. The number of carbonyl (C=O) groups excluding carboxylic acids is 1. The van der Waals surface area contributed by atoms with Crippen molar-refractivity contribution in [1.82, 2.24) is 9.78 Å². The highest BCUT2D eigenvalue weighted by Gasteiger charge is 2.14. The number of aromatic nitrogens is 2. The van der Waals surface area contributed by atoms with E-state index >= 15 is 0 Å². The van der Waals surface area contributed by atoms with E-state index in [-0.39, 0.29) is 18.8 Å². The van der Waals surface area contributed by atoms with E-state index in [1.807, 2.05) is 0 Å². The summed E-state index contributed by atoms with van der Waals surface area (Å²) < 4.78 is 32.2. The van der Waals surface area contributed by atoms with E-state index in [4.69, 9.17) is 4.74 Å². The van der Waals surface area contributed by atoms with Gasteiger partial charge in [0.25, 0.3) is 0 Å². The number of nitrogens with zero attached hydrogens (tertiary/aromatic N) is 3. The number of nitro groups is 1. The quantitative estimate of drug-likeness (QED) is 0.478. The Balaban J connectivity index is 1.92. The van der Waals surface area contributed by atoms with Gasteiger partial charge >= 0.3 is 11.7 Å². The molecule has 9 heteroatoms. The maximum absolute atomic E-state index is 13.3. The molecule has 0 aliphatic rings. The zero-order chi connectivity index (χ0) is 15.4. The van der Waals surface area contributed by atoms with Crippen LogP contribution < -0.4 is 0 Å². The highest BCUT2D eigenvalue weighted by atomic mass is 19.1. The summed E-state index contributed by atoms with van der Waals surface area (Å²) in [7, 11) is 0. The second kappa shape index (κ2) is 6.07. The molecule has 2 aromatic rings. The van der Waals surface area contributed by atoms with Gasteiger partial charge in [-0.2, -0.15) is 5.10 Å². The van der Waals surface area contributed by atoms with E-state index < -0.39 is 28.1 Å². The summed E-state index contributed by atoms with van der Waals surface area (Å²) >= 11 is 0. The van der Waals surface area contributed by atoms with Crippen LogP contribution in [0.25, 0.3) is 0 Å². The monoisotopic (exact) mass is 297 g/mol.